The number of unbranched alkanes of at least 4 members (excludes halogenated alkanes) is 2. The number of nitrogens with one attached hydrogen (secondary N) is 2. The number of halogens is 2. The van der Waals surface area contributed by atoms with Crippen LogP contribution in [0, 0.1) is 5.41 Å². The van der Waals surface area contributed by atoms with E-state index in [9.17, 15) is 4.79 Å². The van der Waals surface area contributed by atoms with Crippen molar-refractivity contribution in [3.8, 4) is 0 Å². The normalized spacial score (nSPS) is 13.7. The van der Waals surface area contributed by atoms with E-state index in [-0.39, 0.29) is 36.6 Å². The molecule has 0 radical (unpaired) electrons. The number of carbonyl (C=O) groups is 1. The minimum absolute atomic E-state index is 0. The summed E-state index contributed by atoms with van der Waals surface area (Å²) in [5, 5.41) is 10.3. The van der Waals surface area contributed by atoms with Crippen molar-refractivity contribution in [3.05, 3.63) is 0 Å². The number of carbonyl (C=O) groups excluding carboxylic acids is 1. The first-order chi connectivity index (χ1) is 11.6. The molecular formula is C18H40Cl2N6O. The zero-order chi connectivity index (χ0) is 19.5. The Labute approximate surface area is 177 Å². The van der Waals surface area contributed by atoms with E-state index in [4.69, 9.17) is 16.9 Å². The summed E-state index contributed by atoms with van der Waals surface area (Å²) < 4.78 is 0.932. The Hall–Kier alpha value is -1.05. The van der Waals surface area contributed by atoms with Crippen molar-refractivity contribution in [2.24, 2.45) is 16.5 Å². The average Bonchev–Trinajstić information content (AvgIpc) is 2.53. The van der Waals surface area contributed by atoms with Crippen LogP contribution in [0.2, 0.25) is 0 Å². The molecule has 7 nitrogen and oxygen atoms in total. The molecule has 6 N–H and O–H groups in total. The fraction of sp³-hybridized carbons (Fsp3) is 0.833. The third-order valence-corrected chi connectivity index (χ3v) is 4.99. The molecule has 0 saturated heterocycles. The molecule has 0 aromatic rings. The first kappa shape index (κ1) is 30.7. The second kappa shape index (κ2) is 14.9. The van der Waals surface area contributed by atoms with Crippen molar-refractivity contribution < 1.29 is 21.7 Å². The van der Waals surface area contributed by atoms with Crippen molar-refractivity contribution in [3.63, 3.8) is 0 Å². The van der Waals surface area contributed by atoms with Gasteiger partial charge in [0.15, 0.2) is 0 Å². The fourth-order valence-corrected chi connectivity index (χ4v) is 2.74. The molecule has 0 aromatic carbocycles. The quantitative estimate of drug-likeness (QED) is 0.131. The lowest BCUT2D eigenvalue weighted by Crippen LogP contribution is -3.00. The second-order valence-corrected chi connectivity index (χ2v) is 7.34. The molecule has 0 spiro atoms. The zero-order valence-corrected chi connectivity index (χ0v) is 19.2. The van der Waals surface area contributed by atoms with Gasteiger partial charge in [-0.2, -0.15) is 0 Å². The van der Waals surface area contributed by atoms with E-state index >= 15 is 0 Å². The summed E-state index contributed by atoms with van der Waals surface area (Å²) in [5.41, 5.74) is 10.3. The molecule has 0 aliphatic rings. The Kier molecular flexibility index (Phi) is 17.0. The van der Waals surface area contributed by atoms with Crippen molar-refractivity contribution in [1.29, 1.82) is 5.41 Å². The Morgan fingerprint density at radius 3 is 2.19 bits per heavy atom. The van der Waals surface area contributed by atoms with Crippen LogP contribution in [0.1, 0.15) is 59.8 Å². The van der Waals surface area contributed by atoms with Gasteiger partial charge in [0, 0.05) is 6.42 Å². The van der Waals surface area contributed by atoms with Crippen LogP contribution >= 0.6 is 12.4 Å². The predicted molar refractivity (Wildman–Crippen MR) is 113 cm³/mol. The molecule has 0 bridgehead atoms. The first-order valence-corrected chi connectivity index (χ1v) is 9.35. The number of amidine groups is 2. The molecule has 0 aliphatic heterocycles. The monoisotopic (exact) mass is 426 g/mol. The number of rotatable bonds is 13. The zero-order valence-electron chi connectivity index (χ0n) is 17.6. The molecule has 0 fully saturated rings. The summed E-state index contributed by atoms with van der Waals surface area (Å²) in [4.78, 5) is 17.1. The maximum absolute atomic E-state index is 12.7. The Balaban J connectivity index is -0.00000288. The van der Waals surface area contributed by atoms with Gasteiger partial charge in [-0.1, -0.05) is 12.8 Å². The lowest BCUT2D eigenvalue weighted by atomic mass is 9.93. The number of hydrogen-bond donors (Lipinski definition) is 4. The third kappa shape index (κ3) is 12.9. The summed E-state index contributed by atoms with van der Waals surface area (Å²) in [6.07, 6.45) is 3.88. The van der Waals surface area contributed by atoms with Gasteiger partial charge >= 0.3 is 0 Å². The number of nitrogens with zero attached hydrogens (tertiary/aromatic N) is 2. The SMILES string of the molecule is CC[N+](C)(CC)CCNC(=O)C(C)(CCCCCC(=N)N)N=C(C)N.Cl.[Cl-]. The minimum atomic E-state index is -0.836. The van der Waals surface area contributed by atoms with E-state index in [1.165, 1.54) is 0 Å². The van der Waals surface area contributed by atoms with Gasteiger partial charge in [-0.15, -0.1) is 12.4 Å². The van der Waals surface area contributed by atoms with E-state index in [0.717, 1.165) is 43.4 Å². The van der Waals surface area contributed by atoms with Crippen molar-refractivity contribution in [2.75, 3.05) is 33.2 Å². The number of likely N-dealkylation sites (N-methyl/N-ethyl adjacent to an activating group) is 1. The van der Waals surface area contributed by atoms with Gasteiger partial charge in [0.1, 0.15) is 5.54 Å². The number of nitrogens with two attached hydrogens (primary N) is 2. The maximum Gasteiger partial charge on any atom is 0.247 e. The van der Waals surface area contributed by atoms with Crippen LogP contribution < -0.4 is 29.2 Å². The molecule has 27 heavy (non-hydrogen) atoms. The van der Waals surface area contributed by atoms with E-state index < -0.39 is 5.54 Å². The average molecular weight is 427 g/mol. The predicted octanol–water partition coefficient (Wildman–Crippen LogP) is -0.963. The van der Waals surface area contributed by atoms with Crippen molar-refractivity contribution in [2.45, 2.75) is 65.3 Å². The summed E-state index contributed by atoms with van der Waals surface area (Å²) in [6, 6.07) is 0. The first-order valence-electron chi connectivity index (χ1n) is 9.35. The van der Waals surface area contributed by atoms with Gasteiger partial charge in [0.25, 0.3) is 0 Å². The molecular weight excluding hydrogens is 387 g/mol. The highest BCUT2D eigenvalue weighted by atomic mass is 35.5. The Morgan fingerprint density at radius 1 is 1.19 bits per heavy atom. The van der Waals surface area contributed by atoms with E-state index in [1.54, 1.807) is 6.92 Å². The van der Waals surface area contributed by atoms with Crippen LogP contribution in [-0.4, -0.2) is 60.8 Å². The lowest BCUT2D eigenvalue weighted by molar-refractivity contribution is -0.904. The molecule has 0 heterocycles. The lowest BCUT2D eigenvalue weighted by Gasteiger charge is -2.33. The number of aliphatic imine (C=N–C) groups is 1. The molecule has 0 saturated carbocycles. The van der Waals surface area contributed by atoms with E-state index in [2.05, 4.69) is 31.2 Å². The number of quaternary nitrogens is 1. The Morgan fingerprint density at radius 2 is 1.74 bits per heavy atom. The fourth-order valence-electron chi connectivity index (χ4n) is 2.74. The molecule has 0 aromatic heterocycles. The number of hydrogen-bond acceptors (Lipinski definition) is 3. The molecule has 1 amide bonds. The van der Waals surface area contributed by atoms with Gasteiger partial charge < -0.3 is 33.7 Å². The largest absolute Gasteiger partial charge is 1.00 e. The van der Waals surface area contributed by atoms with Crippen LogP contribution in [0.4, 0.5) is 0 Å². The van der Waals surface area contributed by atoms with Gasteiger partial charge in [-0.25, -0.2) is 0 Å². The summed E-state index contributed by atoms with van der Waals surface area (Å²) in [5.74, 6) is 0.566. The molecule has 162 valence electrons. The standard InChI is InChI=1S/C18H38N6O.2ClH/c1-6-24(5,7-2)14-13-22-17(25)18(4,23-15(3)19)12-10-8-9-11-16(20)21;;/h6-14H2,1-5H3,(H5-,19,20,21,22,23,25);2*1H. The van der Waals surface area contributed by atoms with E-state index in [0.29, 0.717) is 25.2 Å². The van der Waals surface area contributed by atoms with Crippen LogP contribution in [-0.2, 0) is 4.79 Å². The molecule has 1 unspecified atom stereocenters. The second-order valence-electron chi connectivity index (χ2n) is 7.34. The van der Waals surface area contributed by atoms with Crippen LogP contribution in [0.5, 0.6) is 0 Å². The summed E-state index contributed by atoms with van der Waals surface area (Å²) in [6.45, 7) is 11.5. The number of amides is 1. The van der Waals surface area contributed by atoms with Gasteiger partial charge in [0.05, 0.1) is 44.9 Å². The third-order valence-electron chi connectivity index (χ3n) is 4.99. The van der Waals surface area contributed by atoms with Crippen molar-refractivity contribution in [1.82, 2.24) is 5.32 Å². The highest BCUT2D eigenvalue weighted by molar-refractivity contribution is 5.89. The molecule has 0 aliphatic carbocycles. The molecule has 1 atom stereocenters. The Bertz CT molecular complexity index is 465. The summed E-state index contributed by atoms with van der Waals surface area (Å²) >= 11 is 0. The minimum Gasteiger partial charge on any atom is -1.00 e. The topological polar surface area (TPSA) is 117 Å². The van der Waals surface area contributed by atoms with Gasteiger partial charge in [-0.3, -0.25) is 15.2 Å². The maximum atomic E-state index is 12.7. The highest BCUT2D eigenvalue weighted by Gasteiger charge is 2.32. The van der Waals surface area contributed by atoms with E-state index in [1.807, 2.05) is 6.92 Å². The van der Waals surface area contributed by atoms with Crippen LogP contribution in [0.15, 0.2) is 4.99 Å². The van der Waals surface area contributed by atoms with Crippen LogP contribution in [0.25, 0.3) is 0 Å². The smallest absolute Gasteiger partial charge is 0.247 e. The van der Waals surface area contributed by atoms with Crippen molar-refractivity contribution >= 4 is 30.0 Å². The highest BCUT2D eigenvalue weighted by Crippen LogP contribution is 2.20. The summed E-state index contributed by atoms with van der Waals surface area (Å²) in [7, 11) is 2.20. The molecule has 0 rings (SSSR count). The van der Waals surface area contributed by atoms with Gasteiger partial charge in [-0.05, 0) is 40.5 Å². The molecule has 9 heteroatoms. The van der Waals surface area contributed by atoms with Gasteiger partial charge in [0.2, 0.25) is 5.91 Å². The van der Waals surface area contributed by atoms with Crippen LogP contribution in [0.3, 0.4) is 0 Å².